The van der Waals surface area contributed by atoms with Crippen LogP contribution in [0.15, 0.2) is 24.4 Å². The lowest BCUT2D eigenvalue weighted by atomic mass is 10.1. The van der Waals surface area contributed by atoms with Crippen molar-refractivity contribution in [3.05, 3.63) is 35.5 Å². The lowest BCUT2D eigenvalue weighted by Gasteiger charge is -2.34. The number of hydrogen-bond acceptors (Lipinski definition) is 7. The highest BCUT2D eigenvalue weighted by molar-refractivity contribution is 5.65. The molecule has 2 fully saturated rings. The molecule has 10 heteroatoms. The van der Waals surface area contributed by atoms with E-state index in [4.69, 9.17) is 5.73 Å². The van der Waals surface area contributed by atoms with Crippen LogP contribution in [0.3, 0.4) is 0 Å². The van der Waals surface area contributed by atoms with Crippen molar-refractivity contribution in [2.75, 3.05) is 61.4 Å². The molecule has 0 amide bonds. The molecule has 0 bridgehead atoms. The zero-order chi connectivity index (χ0) is 23.6. The van der Waals surface area contributed by atoms with Crippen molar-refractivity contribution in [2.24, 2.45) is 5.73 Å². The number of likely N-dealkylation sites (N-methyl/N-ethyl adjacent to an activating group) is 1. The number of rotatable bonds is 5. The molecular formula is C23H32F3N7. The molecule has 2 saturated heterocycles. The van der Waals surface area contributed by atoms with Gasteiger partial charge in [0.1, 0.15) is 11.4 Å². The molecule has 0 saturated carbocycles. The Bertz CT molecular complexity index is 950. The highest BCUT2D eigenvalue weighted by atomic mass is 19.4. The maximum Gasteiger partial charge on any atom is 0.421 e. The van der Waals surface area contributed by atoms with Gasteiger partial charge in [-0.25, -0.2) is 4.98 Å². The fourth-order valence-electron chi connectivity index (χ4n) is 4.36. The van der Waals surface area contributed by atoms with Crippen LogP contribution in [-0.4, -0.2) is 67.2 Å². The summed E-state index contributed by atoms with van der Waals surface area (Å²) in [7, 11) is 2.12. The molecule has 0 unspecified atom stereocenters. The van der Waals surface area contributed by atoms with E-state index < -0.39 is 11.7 Å². The van der Waals surface area contributed by atoms with Gasteiger partial charge in [-0.15, -0.1) is 0 Å². The number of nitrogens with one attached hydrogen (secondary N) is 1. The minimum absolute atomic E-state index is 0.0148. The van der Waals surface area contributed by atoms with Gasteiger partial charge in [-0.1, -0.05) is 6.92 Å². The predicted molar refractivity (Wildman–Crippen MR) is 125 cm³/mol. The Morgan fingerprint density at radius 3 is 2.39 bits per heavy atom. The molecule has 0 radical (unpaired) electrons. The highest BCUT2D eigenvalue weighted by Gasteiger charge is 2.37. The smallest absolute Gasteiger partial charge is 0.369 e. The first-order chi connectivity index (χ1) is 15.7. The van der Waals surface area contributed by atoms with Crippen molar-refractivity contribution in [3.63, 3.8) is 0 Å². The molecule has 3 heterocycles. The SMILES string of the molecule is CCc1cc(N2CCN(C)CC2)ccc1Nc1ncc(C(F)(F)F)c(N2CCC(N)CC2)n1. The summed E-state index contributed by atoms with van der Waals surface area (Å²) in [5.74, 6) is 0.0777. The lowest BCUT2D eigenvalue weighted by molar-refractivity contribution is -0.137. The fourth-order valence-corrected chi connectivity index (χ4v) is 4.36. The first-order valence-corrected chi connectivity index (χ1v) is 11.5. The number of aromatic nitrogens is 2. The molecule has 0 aliphatic carbocycles. The van der Waals surface area contributed by atoms with E-state index in [1.165, 1.54) is 0 Å². The monoisotopic (exact) mass is 463 g/mol. The zero-order valence-corrected chi connectivity index (χ0v) is 19.2. The Morgan fingerprint density at radius 2 is 1.76 bits per heavy atom. The fraction of sp³-hybridized carbons (Fsp3) is 0.565. The minimum atomic E-state index is -4.52. The molecule has 1 aromatic heterocycles. The van der Waals surface area contributed by atoms with Crippen molar-refractivity contribution >= 4 is 23.1 Å². The molecule has 2 aromatic rings. The van der Waals surface area contributed by atoms with E-state index in [0.717, 1.165) is 55.7 Å². The molecule has 33 heavy (non-hydrogen) atoms. The average Bonchev–Trinajstić information content (AvgIpc) is 2.79. The maximum atomic E-state index is 13.6. The lowest BCUT2D eigenvalue weighted by Crippen LogP contribution is -2.44. The van der Waals surface area contributed by atoms with Gasteiger partial charge in [-0.3, -0.25) is 0 Å². The highest BCUT2D eigenvalue weighted by Crippen LogP contribution is 2.37. The molecule has 7 nitrogen and oxygen atoms in total. The zero-order valence-electron chi connectivity index (χ0n) is 19.2. The number of alkyl halides is 3. The largest absolute Gasteiger partial charge is 0.421 e. The second-order valence-corrected chi connectivity index (χ2v) is 8.86. The first-order valence-electron chi connectivity index (χ1n) is 11.5. The number of halogens is 3. The molecule has 0 atom stereocenters. The molecule has 3 N–H and O–H groups in total. The second kappa shape index (κ2) is 9.72. The Balaban J connectivity index is 1.58. The van der Waals surface area contributed by atoms with E-state index in [9.17, 15) is 13.2 Å². The van der Waals surface area contributed by atoms with Crippen molar-refractivity contribution in [2.45, 2.75) is 38.4 Å². The number of piperazine rings is 1. The van der Waals surface area contributed by atoms with E-state index in [0.29, 0.717) is 25.9 Å². The number of hydrogen-bond donors (Lipinski definition) is 2. The van der Waals surface area contributed by atoms with Crippen LogP contribution in [0.4, 0.5) is 36.3 Å². The summed E-state index contributed by atoms with van der Waals surface area (Å²) >= 11 is 0. The standard InChI is InChI=1S/C23H32F3N7/c1-3-16-14-18(32-12-10-31(2)11-13-32)4-5-20(16)29-22-28-15-19(23(24,25)26)21(30-22)33-8-6-17(27)7-9-33/h4-5,14-15,17H,3,6-13,27H2,1-2H3,(H,28,29,30). The van der Waals surface area contributed by atoms with Crippen molar-refractivity contribution < 1.29 is 13.2 Å². The summed E-state index contributed by atoms with van der Waals surface area (Å²) in [5.41, 5.74) is 8.15. The summed E-state index contributed by atoms with van der Waals surface area (Å²) in [6.45, 7) is 6.93. The molecule has 0 spiro atoms. The van der Waals surface area contributed by atoms with Crippen molar-refractivity contribution in [3.8, 4) is 0 Å². The van der Waals surface area contributed by atoms with E-state index in [1.807, 2.05) is 12.1 Å². The summed E-state index contributed by atoms with van der Waals surface area (Å²) in [6.07, 6.45) is -1.59. The Kier molecular flexibility index (Phi) is 6.94. The summed E-state index contributed by atoms with van der Waals surface area (Å²) in [6, 6.07) is 6.17. The van der Waals surface area contributed by atoms with Crippen molar-refractivity contribution in [1.82, 2.24) is 14.9 Å². The number of nitrogens with two attached hydrogens (primary N) is 1. The van der Waals surface area contributed by atoms with E-state index >= 15 is 0 Å². The Morgan fingerprint density at radius 1 is 1.06 bits per heavy atom. The van der Waals surface area contributed by atoms with E-state index in [-0.39, 0.29) is 17.8 Å². The number of anilines is 4. The van der Waals surface area contributed by atoms with Gasteiger partial charge < -0.3 is 25.8 Å². The van der Waals surface area contributed by atoms with Crippen LogP contribution in [0.5, 0.6) is 0 Å². The third kappa shape index (κ3) is 5.50. The van der Waals surface area contributed by atoms with Gasteiger partial charge in [0.05, 0.1) is 0 Å². The number of piperidine rings is 1. The third-order valence-electron chi connectivity index (χ3n) is 6.50. The van der Waals surface area contributed by atoms with Crippen LogP contribution in [0.25, 0.3) is 0 Å². The Hall–Kier alpha value is -2.59. The van der Waals surface area contributed by atoms with Crippen molar-refractivity contribution in [1.29, 1.82) is 0 Å². The molecule has 1 aromatic carbocycles. The quantitative estimate of drug-likeness (QED) is 0.703. The molecule has 2 aliphatic heterocycles. The summed E-state index contributed by atoms with van der Waals surface area (Å²) in [4.78, 5) is 14.6. The summed E-state index contributed by atoms with van der Waals surface area (Å²) < 4.78 is 40.9. The van der Waals surface area contributed by atoms with Crippen LogP contribution < -0.4 is 20.9 Å². The molecule has 180 valence electrons. The van der Waals surface area contributed by atoms with Gasteiger partial charge in [0, 0.05) is 62.9 Å². The number of benzene rings is 1. The van der Waals surface area contributed by atoms with E-state index in [2.05, 4.69) is 45.1 Å². The third-order valence-corrected chi connectivity index (χ3v) is 6.50. The Labute approximate surface area is 192 Å². The predicted octanol–water partition coefficient (Wildman–Crippen LogP) is 3.48. The minimum Gasteiger partial charge on any atom is -0.369 e. The maximum absolute atomic E-state index is 13.6. The van der Waals surface area contributed by atoms with Gasteiger partial charge in [0.25, 0.3) is 0 Å². The first kappa shape index (κ1) is 23.6. The van der Waals surface area contributed by atoms with Gasteiger partial charge >= 0.3 is 6.18 Å². The van der Waals surface area contributed by atoms with Crippen LogP contribution in [-0.2, 0) is 12.6 Å². The van der Waals surface area contributed by atoms with Crippen LogP contribution in [0.2, 0.25) is 0 Å². The van der Waals surface area contributed by atoms with Crippen LogP contribution in [0, 0.1) is 0 Å². The van der Waals surface area contributed by atoms with Crippen LogP contribution >= 0.6 is 0 Å². The number of aryl methyl sites for hydroxylation is 1. The van der Waals surface area contributed by atoms with Gasteiger partial charge in [0.2, 0.25) is 5.95 Å². The number of nitrogens with zero attached hydrogens (tertiary/aromatic N) is 5. The normalized spacial score (nSPS) is 18.6. The van der Waals surface area contributed by atoms with Crippen LogP contribution in [0.1, 0.15) is 30.9 Å². The molecule has 2 aliphatic rings. The topological polar surface area (TPSA) is 73.5 Å². The molecular weight excluding hydrogens is 431 g/mol. The second-order valence-electron chi connectivity index (χ2n) is 8.86. The molecule has 4 rings (SSSR count). The van der Waals surface area contributed by atoms with E-state index in [1.54, 1.807) is 4.90 Å². The van der Waals surface area contributed by atoms with Gasteiger partial charge in [-0.05, 0) is 50.1 Å². The average molecular weight is 464 g/mol. The van der Waals surface area contributed by atoms with Gasteiger partial charge in [0.15, 0.2) is 0 Å². The summed E-state index contributed by atoms with van der Waals surface area (Å²) in [5, 5.41) is 3.16. The van der Waals surface area contributed by atoms with Gasteiger partial charge in [-0.2, -0.15) is 18.2 Å².